The fourth-order valence-corrected chi connectivity index (χ4v) is 1.38. The third-order valence-corrected chi connectivity index (χ3v) is 2.02. The molecule has 1 aliphatic rings. The van der Waals surface area contributed by atoms with Gasteiger partial charge in [-0.05, 0) is 6.07 Å². The van der Waals surface area contributed by atoms with Crippen molar-refractivity contribution in [1.82, 2.24) is 0 Å². The minimum atomic E-state index is -1.68. The molecule has 0 amide bonds. The molecule has 12 heavy (non-hydrogen) atoms. The van der Waals surface area contributed by atoms with E-state index < -0.39 is 5.85 Å². The molecule has 1 atom stereocenters. The van der Waals surface area contributed by atoms with Crippen LogP contribution in [0.15, 0.2) is 24.3 Å². The van der Waals surface area contributed by atoms with Crippen LogP contribution in [0.4, 0.5) is 4.39 Å². The Kier molecular flexibility index (Phi) is 1.54. The molecule has 0 spiro atoms. The monoisotopic (exact) mass is 167 g/mol. The predicted octanol–water partition coefficient (Wildman–Crippen LogP) is 1.25. The van der Waals surface area contributed by atoms with Gasteiger partial charge in [-0.25, -0.2) is 0 Å². The molecule has 0 bridgehead atoms. The van der Waals surface area contributed by atoms with Gasteiger partial charge in [0.05, 0.1) is 6.54 Å². The van der Waals surface area contributed by atoms with E-state index in [2.05, 4.69) is 0 Å². The molecule has 2 N–H and O–H groups in total. The molecular formula is C9H10FNO. The van der Waals surface area contributed by atoms with Crippen LogP contribution in [0.3, 0.4) is 0 Å². The summed E-state index contributed by atoms with van der Waals surface area (Å²) in [6.45, 7) is -0.0956. The number of halogens is 1. The van der Waals surface area contributed by atoms with E-state index in [1.165, 1.54) is 0 Å². The molecule has 64 valence electrons. The van der Waals surface area contributed by atoms with Gasteiger partial charge in [0, 0.05) is 12.0 Å². The van der Waals surface area contributed by atoms with E-state index in [0.29, 0.717) is 5.75 Å². The normalized spacial score (nSPS) is 26.5. The zero-order valence-electron chi connectivity index (χ0n) is 6.59. The van der Waals surface area contributed by atoms with E-state index in [1.807, 2.05) is 18.2 Å². The molecule has 1 aliphatic heterocycles. The van der Waals surface area contributed by atoms with Gasteiger partial charge in [-0.1, -0.05) is 18.2 Å². The molecule has 0 aromatic heterocycles. The first kappa shape index (κ1) is 7.55. The molecule has 3 heteroatoms. The molecule has 0 saturated heterocycles. The Morgan fingerprint density at radius 3 is 2.92 bits per heavy atom. The first-order chi connectivity index (χ1) is 5.73. The van der Waals surface area contributed by atoms with E-state index in [4.69, 9.17) is 10.5 Å². The van der Waals surface area contributed by atoms with Crippen molar-refractivity contribution in [3.63, 3.8) is 0 Å². The Hall–Kier alpha value is -1.09. The van der Waals surface area contributed by atoms with Crippen LogP contribution in [0.5, 0.6) is 5.75 Å². The smallest absolute Gasteiger partial charge is 0.264 e. The Morgan fingerprint density at radius 1 is 1.50 bits per heavy atom. The highest BCUT2D eigenvalue weighted by Gasteiger charge is 2.37. The molecule has 0 fully saturated rings. The van der Waals surface area contributed by atoms with Gasteiger partial charge in [-0.15, -0.1) is 0 Å². The van der Waals surface area contributed by atoms with Crippen LogP contribution >= 0.6 is 0 Å². The Labute approximate surface area is 70.1 Å². The molecule has 1 heterocycles. The number of hydrogen-bond donors (Lipinski definition) is 1. The first-order valence-electron chi connectivity index (χ1n) is 3.89. The van der Waals surface area contributed by atoms with Crippen molar-refractivity contribution in [2.24, 2.45) is 5.73 Å². The molecule has 1 aromatic rings. The zero-order valence-corrected chi connectivity index (χ0v) is 6.59. The van der Waals surface area contributed by atoms with Crippen molar-refractivity contribution >= 4 is 0 Å². The fraction of sp³-hybridized carbons (Fsp3) is 0.333. The van der Waals surface area contributed by atoms with E-state index in [9.17, 15) is 4.39 Å². The summed E-state index contributed by atoms with van der Waals surface area (Å²) in [5, 5.41) is 0. The number of para-hydroxylation sites is 1. The molecule has 1 unspecified atom stereocenters. The van der Waals surface area contributed by atoms with Crippen molar-refractivity contribution in [2.45, 2.75) is 12.3 Å². The van der Waals surface area contributed by atoms with Gasteiger partial charge in [0.1, 0.15) is 5.75 Å². The summed E-state index contributed by atoms with van der Waals surface area (Å²) < 4.78 is 18.5. The van der Waals surface area contributed by atoms with Crippen LogP contribution in [0.25, 0.3) is 0 Å². The second kappa shape index (κ2) is 2.45. The molecule has 0 saturated carbocycles. The number of hydrogen-bond acceptors (Lipinski definition) is 2. The lowest BCUT2D eigenvalue weighted by molar-refractivity contribution is -0.0330. The van der Waals surface area contributed by atoms with Gasteiger partial charge in [0.15, 0.2) is 0 Å². The second-order valence-corrected chi connectivity index (χ2v) is 2.97. The quantitative estimate of drug-likeness (QED) is 0.683. The number of nitrogens with two attached hydrogens (primary N) is 1. The molecular weight excluding hydrogens is 157 g/mol. The third kappa shape index (κ3) is 1.06. The molecule has 0 radical (unpaired) electrons. The first-order valence-corrected chi connectivity index (χ1v) is 3.89. The lowest BCUT2D eigenvalue weighted by Gasteiger charge is -2.15. The van der Waals surface area contributed by atoms with Crippen LogP contribution in [0.1, 0.15) is 5.56 Å². The fourth-order valence-electron chi connectivity index (χ4n) is 1.38. The minimum Gasteiger partial charge on any atom is -0.456 e. The van der Waals surface area contributed by atoms with Crippen molar-refractivity contribution in [3.8, 4) is 5.75 Å². The highest BCUT2D eigenvalue weighted by Crippen LogP contribution is 2.34. The number of benzene rings is 1. The maximum atomic E-state index is 13.5. The standard InChI is InChI=1S/C9H10FNO/c10-9(6-11)5-7-3-1-2-4-8(7)12-9/h1-4H,5-6,11H2. The van der Waals surface area contributed by atoms with Gasteiger partial charge in [-0.2, -0.15) is 4.39 Å². The highest BCUT2D eigenvalue weighted by atomic mass is 19.2. The lowest BCUT2D eigenvalue weighted by Crippen LogP contribution is -2.37. The van der Waals surface area contributed by atoms with E-state index in [1.54, 1.807) is 6.07 Å². The highest BCUT2D eigenvalue weighted by molar-refractivity contribution is 5.38. The summed E-state index contributed by atoms with van der Waals surface area (Å²) in [4.78, 5) is 0. The van der Waals surface area contributed by atoms with Crippen LogP contribution in [0, 0.1) is 0 Å². The number of fused-ring (bicyclic) bond motifs is 1. The summed E-state index contributed by atoms with van der Waals surface area (Å²) in [5.41, 5.74) is 6.14. The van der Waals surface area contributed by atoms with Crippen molar-refractivity contribution in [1.29, 1.82) is 0 Å². The molecule has 0 aliphatic carbocycles. The topological polar surface area (TPSA) is 35.2 Å². The number of alkyl halides is 1. The maximum absolute atomic E-state index is 13.5. The van der Waals surface area contributed by atoms with E-state index in [-0.39, 0.29) is 13.0 Å². The molecule has 2 rings (SSSR count). The van der Waals surface area contributed by atoms with Gasteiger partial charge >= 0.3 is 0 Å². The number of rotatable bonds is 1. The lowest BCUT2D eigenvalue weighted by atomic mass is 10.1. The van der Waals surface area contributed by atoms with E-state index in [0.717, 1.165) is 5.56 Å². The van der Waals surface area contributed by atoms with Gasteiger partial charge < -0.3 is 10.5 Å². The number of ether oxygens (including phenoxy) is 1. The summed E-state index contributed by atoms with van der Waals surface area (Å²) in [7, 11) is 0. The van der Waals surface area contributed by atoms with Crippen LogP contribution in [-0.2, 0) is 6.42 Å². The Morgan fingerprint density at radius 2 is 2.25 bits per heavy atom. The van der Waals surface area contributed by atoms with Gasteiger partial charge in [0.25, 0.3) is 5.85 Å². The van der Waals surface area contributed by atoms with Gasteiger partial charge in [-0.3, -0.25) is 0 Å². The van der Waals surface area contributed by atoms with Crippen LogP contribution in [0.2, 0.25) is 0 Å². The predicted molar refractivity (Wildman–Crippen MR) is 43.7 cm³/mol. The average molecular weight is 167 g/mol. The summed E-state index contributed by atoms with van der Waals surface area (Å²) in [5.74, 6) is -1.06. The second-order valence-electron chi connectivity index (χ2n) is 2.97. The molecule has 2 nitrogen and oxygen atoms in total. The minimum absolute atomic E-state index is 0.0956. The largest absolute Gasteiger partial charge is 0.456 e. The summed E-state index contributed by atoms with van der Waals surface area (Å²) in [6.07, 6.45) is 0.264. The van der Waals surface area contributed by atoms with Crippen molar-refractivity contribution < 1.29 is 9.13 Å². The van der Waals surface area contributed by atoms with Crippen LogP contribution in [-0.4, -0.2) is 12.4 Å². The maximum Gasteiger partial charge on any atom is 0.264 e. The van der Waals surface area contributed by atoms with Crippen LogP contribution < -0.4 is 10.5 Å². The third-order valence-electron chi connectivity index (χ3n) is 2.02. The summed E-state index contributed by atoms with van der Waals surface area (Å²) >= 11 is 0. The van der Waals surface area contributed by atoms with Gasteiger partial charge in [0.2, 0.25) is 0 Å². The average Bonchev–Trinajstić information content (AvgIpc) is 2.42. The van der Waals surface area contributed by atoms with Crippen molar-refractivity contribution in [2.75, 3.05) is 6.54 Å². The Balaban J connectivity index is 2.33. The van der Waals surface area contributed by atoms with E-state index >= 15 is 0 Å². The van der Waals surface area contributed by atoms with Crippen molar-refractivity contribution in [3.05, 3.63) is 29.8 Å². The Bertz CT molecular complexity index is 275. The summed E-state index contributed by atoms with van der Waals surface area (Å²) in [6, 6.07) is 7.30. The zero-order chi connectivity index (χ0) is 8.60. The SMILES string of the molecule is NCC1(F)Cc2ccccc2O1. The molecule has 1 aromatic carbocycles.